The van der Waals surface area contributed by atoms with Crippen LogP contribution in [-0.2, 0) is 0 Å². The van der Waals surface area contributed by atoms with Crippen LogP contribution in [0, 0.1) is 11.3 Å². The van der Waals surface area contributed by atoms with Crippen LogP contribution in [0.1, 0.15) is 5.56 Å². The Labute approximate surface area is 89.6 Å². The Morgan fingerprint density at radius 1 is 1.43 bits per heavy atom. The zero-order valence-corrected chi connectivity index (χ0v) is 8.51. The first-order chi connectivity index (χ1) is 6.79. The van der Waals surface area contributed by atoms with Gasteiger partial charge in [0.15, 0.2) is 0 Å². The molecule has 0 atom stereocenters. The molecule has 68 valence electrons. The molecule has 0 bridgehead atoms. The second-order valence-corrected chi connectivity index (χ2v) is 3.79. The average molecular weight is 222 g/mol. The minimum atomic E-state index is 0.465. The molecule has 0 amide bonds. The maximum atomic E-state index is 8.68. The van der Waals surface area contributed by atoms with Crippen LogP contribution in [0.15, 0.2) is 23.8 Å². The Hall–Kier alpha value is -1.44. The fourth-order valence-corrected chi connectivity index (χ4v) is 1.93. The standard InChI is InChI=1S/C9H4ClN3S/c10-8-5-14-9(13-8)7-1-6(2-11)3-12-4-7/h1,3-5H. The van der Waals surface area contributed by atoms with Crippen LogP contribution in [0.2, 0.25) is 5.15 Å². The molecule has 0 spiro atoms. The van der Waals surface area contributed by atoms with Gasteiger partial charge in [-0.15, -0.1) is 11.3 Å². The van der Waals surface area contributed by atoms with Gasteiger partial charge in [-0.3, -0.25) is 4.98 Å². The number of hydrogen-bond donors (Lipinski definition) is 0. The van der Waals surface area contributed by atoms with E-state index >= 15 is 0 Å². The van der Waals surface area contributed by atoms with Crippen LogP contribution in [-0.4, -0.2) is 9.97 Å². The number of nitriles is 1. The van der Waals surface area contributed by atoms with Crippen LogP contribution in [0.5, 0.6) is 0 Å². The van der Waals surface area contributed by atoms with Gasteiger partial charge < -0.3 is 0 Å². The molecule has 2 aromatic heterocycles. The van der Waals surface area contributed by atoms with E-state index in [0.717, 1.165) is 10.6 Å². The number of thiazole rings is 1. The van der Waals surface area contributed by atoms with Crippen LogP contribution in [0.3, 0.4) is 0 Å². The minimum absolute atomic E-state index is 0.465. The van der Waals surface area contributed by atoms with Gasteiger partial charge in [0, 0.05) is 23.3 Å². The predicted molar refractivity (Wildman–Crippen MR) is 55.1 cm³/mol. The topological polar surface area (TPSA) is 49.6 Å². The third kappa shape index (κ3) is 1.74. The lowest BCUT2D eigenvalue weighted by molar-refractivity contribution is 1.29. The fourth-order valence-electron chi connectivity index (χ4n) is 1.00. The molecule has 2 aromatic rings. The Kier molecular flexibility index (Phi) is 2.44. The summed E-state index contributed by atoms with van der Waals surface area (Å²) >= 11 is 7.13. The summed E-state index contributed by atoms with van der Waals surface area (Å²) in [7, 11) is 0. The van der Waals surface area contributed by atoms with E-state index in [1.54, 1.807) is 17.6 Å². The van der Waals surface area contributed by atoms with E-state index in [9.17, 15) is 0 Å². The zero-order valence-electron chi connectivity index (χ0n) is 6.94. The van der Waals surface area contributed by atoms with Crippen molar-refractivity contribution in [2.24, 2.45) is 0 Å². The molecule has 2 heterocycles. The molecule has 0 N–H and O–H groups in total. The van der Waals surface area contributed by atoms with Gasteiger partial charge in [-0.25, -0.2) is 4.98 Å². The van der Waals surface area contributed by atoms with Crippen molar-refractivity contribution in [1.82, 2.24) is 9.97 Å². The fraction of sp³-hybridized carbons (Fsp3) is 0. The first kappa shape index (κ1) is 9.13. The number of hydrogen-bond acceptors (Lipinski definition) is 4. The van der Waals surface area contributed by atoms with Crippen LogP contribution < -0.4 is 0 Å². The maximum Gasteiger partial charge on any atom is 0.140 e. The van der Waals surface area contributed by atoms with Gasteiger partial charge in [-0.05, 0) is 6.07 Å². The first-order valence-corrected chi connectivity index (χ1v) is 5.02. The van der Waals surface area contributed by atoms with Crippen LogP contribution in [0.25, 0.3) is 10.6 Å². The molecule has 0 saturated carbocycles. The highest BCUT2D eigenvalue weighted by molar-refractivity contribution is 7.13. The summed E-state index contributed by atoms with van der Waals surface area (Å²) in [5, 5.41) is 11.7. The first-order valence-electron chi connectivity index (χ1n) is 3.76. The van der Waals surface area contributed by atoms with E-state index in [4.69, 9.17) is 16.9 Å². The molecule has 14 heavy (non-hydrogen) atoms. The molecule has 3 nitrogen and oxygen atoms in total. The van der Waals surface area contributed by atoms with Gasteiger partial charge in [0.05, 0.1) is 5.56 Å². The molecule has 0 aromatic carbocycles. The lowest BCUT2D eigenvalue weighted by Crippen LogP contribution is -1.81. The van der Waals surface area contributed by atoms with Crippen molar-refractivity contribution in [2.75, 3.05) is 0 Å². The van der Waals surface area contributed by atoms with Gasteiger partial charge in [0.2, 0.25) is 0 Å². The van der Waals surface area contributed by atoms with E-state index in [-0.39, 0.29) is 0 Å². The summed E-state index contributed by atoms with van der Waals surface area (Å²) in [6, 6.07) is 3.76. The van der Waals surface area contributed by atoms with E-state index in [1.165, 1.54) is 17.5 Å². The third-order valence-corrected chi connectivity index (χ3v) is 2.80. The zero-order chi connectivity index (χ0) is 9.97. The summed E-state index contributed by atoms with van der Waals surface area (Å²) in [6.07, 6.45) is 3.18. The van der Waals surface area contributed by atoms with E-state index in [0.29, 0.717) is 10.7 Å². The molecule has 2 rings (SSSR count). The molecule has 5 heteroatoms. The monoisotopic (exact) mass is 221 g/mol. The van der Waals surface area contributed by atoms with E-state index in [1.807, 2.05) is 6.07 Å². The minimum Gasteiger partial charge on any atom is -0.263 e. The molecule has 0 aliphatic carbocycles. The van der Waals surface area contributed by atoms with Crippen molar-refractivity contribution in [3.63, 3.8) is 0 Å². The van der Waals surface area contributed by atoms with Gasteiger partial charge in [0.1, 0.15) is 16.2 Å². The lowest BCUT2D eigenvalue weighted by atomic mass is 10.2. The van der Waals surface area contributed by atoms with E-state index in [2.05, 4.69) is 9.97 Å². The molecule has 0 radical (unpaired) electrons. The Morgan fingerprint density at radius 2 is 2.29 bits per heavy atom. The number of pyridine rings is 1. The highest BCUT2D eigenvalue weighted by Gasteiger charge is 2.04. The van der Waals surface area contributed by atoms with Crippen molar-refractivity contribution < 1.29 is 0 Å². The number of nitrogens with zero attached hydrogens (tertiary/aromatic N) is 3. The summed E-state index contributed by atoms with van der Waals surface area (Å²) in [6.45, 7) is 0. The highest BCUT2D eigenvalue weighted by Crippen LogP contribution is 2.25. The largest absolute Gasteiger partial charge is 0.263 e. The molecular weight excluding hydrogens is 218 g/mol. The van der Waals surface area contributed by atoms with Crippen molar-refractivity contribution >= 4 is 22.9 Å². The van der Waals surface area contributed by atoms with Gasteiger partial charge in [0.25, 0.3) is 0 Å². The van der Waals surface area contributed by atoms with Crippen LogP contribution >= 0.6 is 22.9 Å². The van der Waals surface area contributed by atoms with Crippen molar-refractivity contribution in [3.05, 3.63) is 34.6 Å². The Balaban J connectivity index is 2.47. The number of halogens is 1. The smallest absolute Gasteiger partial charge is 0.140 e. The Bertz CT molecular complexity index is 501. The SMILES string of the molecule is N#Cc1cncc(-c2nc(Cl)cs2)c1. The van der Waals surface area contributed by atoms with E-state index < -0.39 is 0 Å². The number of aromatic nitrogens is 2. The molecular formula is C9H4ClN3S. The summed E-state index contributed by atoms with van der Waals surface area (Å²) in [4.78, 5) is 8.03. The second kappa shape index (κ2) is 3.74. The molecule has 0 saturated heterocycles. The summed E-state index contributed by atoms with van der Waals surface area (Å²) in [5.74, 6) is 0. The Morgan fingerprint density at radius 3 is 2.93 bits per heavy atom. The molecule has 0 fully saturated rings. The lowest BCUT2D eigenvalue weighted by Gasteiger charge is -1.94. The number of rotatable bonds is 1. The molecule has 0 unspecified atom stereocenters. The summed E-state index contributed by atoms with van der Waals surface area (Å²) < 4.78 is 0. The van der Waals surface area contributed by atoms with Crippen molar-refractivity contribution in [2.45, 2.75) is 0 Å². The molecule has 0 aliphatic rings. The highest BCUT2D eigenvalue weighted by atomic mass is 35.5. The second-order valence-electron chi connectivity index (χ2n) is 2.55. The van der Waals surface area contributed by atoms with Gasteiger partial charge >= 0.3 is 0 Å². The van der Waals surface area contributed by atoms with Crippen LogP contribution in [0.4, 0.5) is 0 Å². The summed E-state index contributed by atoms with van der Waals surface area (Å²) in [5.41, 5.74) is 1.34. The van der Waals surface area contributed by atoms with Crippen molar-refractivity contribution in [1.29, 1.82) is 5.26 Å². The molecule has 0 aliphatic heterocycles. The quantitative estimate of drug-likeness (QED) is 0.744. The van der Waals surface area contributed by atoms with Gasteiger partial charge in [-0.2, -0.15) is 5.26 Å². The third-order valence-electron chi connectivity index (χ3n) is 1.59. The maximum absolute atomic E-state index is 8.68. The average Bonchev–Trinajstić information content (AvgIpc) is 2.65. The van der Waals surface area contributed by atoms with Crippen molar-refractivity contribution in [3.8, 4) is 16.6 Å². The normalized spacial score (nSPS) is 9.71. The predicted octanol–water partition coefficient (Wildman–Crippen LogP) is 2.73. The van der Waals surface area contributed by atoms with Gasteiger partial charge in [-0.1, -0.05) is 11.6 Å².